The van der Waals surface area contributed by atoms with Gasteiger partial charge in [-0.25, -0.2) is 10.1 Å². The molecule has 0 aromatic heterocycles. The molecule has 0 saturated heterocycles. The average Bonchev–Trinajstić information content (AvgIpc) is 2.53. The van der Waals surface area contributed by atoms with Crippen molar-refractivity contribution in [2.75, 3.05) is 32.1 Å². The normalized spacial score (nSPS) is 17.8. The number of anilines is 1. The van der Waals surface area contributed by atoms with Crippen molar-refractivity contribution in [3.8, 4) is 0 Å². The molecule has 1 unspecified atom stereocenters. The van der Waals surface area contributed by atoms with Gasteiger partial charge in [0.1, 0.15) is 0 Å². The Labute approximate surface area is 170 Å². The SMILES string of the molecule is CN1Cc2c(Cl)cc(Cl)cc2C(c2cccc(N(N(C)C)S(N)(=O)=O)c2)C1. The van der Waals surface area contributed by atoms with Gasteiger partial charge in [0.05, 0.1) is 5.69 Å². The summed E-state index contributed by atoms with van der Waals surface area (Å²) in [5.74, 6) is 0.0133. The maximum atomic E-state index is 12.0. The molecule has 146 valence electrons. The average molecular weight is 429 g/mol. The number of rotatable bonds is 4. The summed E-state index contributed by atoms with van der Waals surface area (Å²) < 4.78 is 25.1. The van der Waals surface area contributed by atoms with E-state index in [-0.39, 0.29) is 5.92 Å². The zero-order chi connectivity index (χ0) is 19.9. The molecule has 1 aliphatic rings. The third kappa shape index (κ3) is 4.23. The number of nitrogens with zero attached hydrogens (tertiary/aromatic N) is 3. The van der Waals surface area contributed by atoms with Crippen molar-refractivity contribution in [1.29, 1.82) is 0 Å². The Balaban J connectivity index is 2.11. The number of fused-ring (bicyclic) bond motifs is 1. The molecular weight excluding hydrogens is 407 g/mol. The summed E-state index contributed by atoms with van der Waals surface area (Å²) in [6.45, 7) is 1.51. The summed E-state index contributed by atoms with van der Waals surface area (Å²) in [7, 11) is 1.34. The molecule has 1 aliphatic heterocycles. The lowest BCUT2D eigenvalue weighted by Gasteiger charge is -2.34. The molecule has 3 rings (SSSR count). The third-order valence-electron chi connectivity index (χ3n) is 4.59. The van der Waals surface area contributed by atoms with E-state index in [1.807, 2.05) is 31.3 Å². The second kappa shape index (κ2) is 7.58. The summed E-state index contributed by atoms with van der Waals surface area (Å²) in [4.78, 5) is 2.18. The molecule has 2 aromatic carbocycles. The van der Waals surface area contributed by atoms with Crippen LogP contribution in [-0.2, 0) is 16.8 Å². The van der Waals surface area contributed by atoms with Gasteiger partial charge in [-0.15, -0.1) is 0 Å². The second-order valence-corrected chi connectivity index (χ2v) is 9.15. The highest BCUT2D eigenvalue weighted by atomic mass is 35.5. The van der Waals surface area contributed by atoms with Crippen LogP contribution in [0.4, 0.5) is 5.69 Å². The maximum Gasteiger partial charge on any atom is 0.312 e. The van der Waals surface area contributed by atoms with Gasteiger partial charge in [-0.1, -0.05) is 35.3 Å². The Hall–Kier alpha value is -1.35. The van der Waals surface area contributed by atoms with E-state index >= 15 is 0 Å². The Morgan fingerprint density at radius 3 is 2.52 bits per heavy atom. The highest BCUT2D eigenvalue weighted by molar-refractivity contribution is 7.90. The first-order valence-electron chi connectivity index (χ1n) is 8.34. The highest BCUT2D eigenvalue weighted by Crippen LogP contribution is 2.39. The number of hydrazine groups is 1. The molecule has 0 spiro atoms. The fourth-order valence-electron chi connectivity index (χ4n) is 3.60. The predicted molar refractivity (Wildman–Crippen MR) is 110 cm³/mol. The lowest BCUT2D eigenvalue weighted by Crippen LogP contribution is -2.45. The van der Waals surface area contributed by atoms with Crippen molar-refractivity contribution < 1.29 is 8.42 Å². The van der Waals surface area contributed by atoms with Crippen molar-refractivity contribution >= 4 is 39.1 Å². The number of hydrogen-bond donors (Lipinski definition) is 1. The number of likely N-dealkylation sites (N-methyl/N-ethyl adjacent to an activating group) is 1. The van der Waals surface area contributed by atoms with E-state index in [0.29, 0.717) is 15.7 Å². The standard InChI is InChI=1S/C18H22Cl2N4O2S/c1-22(2)24(27(21,25)26)14-6-4-5-12(7-14)16-10-23(3)11-17-15(16)8-13(19)9-18(17)20/h4-9,16H,10-11H2,1-3H3,(H2,21,25,26). The van der Waals surface area contributed by atoms with Crippen molar-refractivity contribution in [2.45, 2.75) is 12.5 Å². The van der Waals surface area contributed by atoms with Crippen LogP contribution in [0, 0.1) is 0 Å². The van der Waals surface area contributed by atoms with E-state index in [4.69, 9.17) is 28.3 Å². The van der Waals surface area contributed by atoms with Crippen LogP contribution < -0.4 is 9.55 Å². The minimum absolute atomic E-state index is 0.0133. The monoisotopic (exact) mass is 428 g/mol. The van der Waals surface area contributed by atoms with Crippen molar-refractivity contribution in [1.82, 2.24) is 9.91 Å². The molecular formula is C18H22Cl2N4O2S. The molecule has 0 radical (unpaired) electrons. The predicted octanol–water partition coefficient (Wildman–Crippen LogP) is 3.06. The zero-order valence-electron chi connectivity index (χ0n) is 15.4. The van der Waals surface area contributed by atoms with Gasteiger partial charge in [-0.3, -0.25) is 0 Å². The second-order valence-electron chi connectivity index (χ2n) is 6.93. The lowest BCUT2D eigenvalue weighted by molar-refractivity contribution is 0.295. The van der Waals surface area contributed by atoms with E-state index < -0.39 is 10.2 Å². The number of nitrogens with two attached hydrogens (primary N) is 1. The number of hydrogen-bond acceptors (Lipinski definition) is 4. The van der Waals surface area contributed by atoms with Crippen LogP contribution >= 0.6 is 23.2 Å². The summed E-state index contributed by atoms with van der Waals surface area (Å²) >= 11 is 12.7. The van der Waals surface area contributed by atoms with Gasteiger partial charge in [-0.2, -0.15) is 12.8 Å². The van der Waals surface area contributed by atoms with Gasteiger partial charge in [0.15, 0.2) is 0 Å². The van der Waals surface area contributed by atoms with E-state index in [0.717, 1.165) is 34.2 Å². The quantitative estimate of drug-likeness (QED) is 0.759. The maximum absolute atomic E-state index is 12.0. The van der Waals surface area contributed by atoms with Crippen molar-refractivity contribution in [3.05, 3.63) is 63.1 Å². The summed E-state index contributed by atoms with van der Waals surface area (Å²) in [6.07, 6.45) is 0. The molecule has 27 heavy (non-hydrogen) atoms. The zero-order valence-corrected chi connectivity index (χ0v) is 17.7. The Morgan fingerprint density at radius 1 is 1.19 bits per heavy atom. The van der Waals surface area contributed by atoms with Crippen molar-refractivity contribution in [3.63, 3.8) is 0 Å². The van der Waals surface area contributed by atoms with Crippen LogP contribution in [0.5, 0.6) is 0 Å². The first-order valence-corrected chi connectivity index (χ1v) is 10.6. The van der Waals surface area contributed by atoms with E-state index in [2.05, 4.69) is 4.90 Å². The van der Waals surface area contributed by atoms with E-state index in [9.17, 15) is 8.42 Å². The van der Waals surface area contributed by atoms with Crippen LogP contribution in [0.1, 0.15) is 22.6 Å². The smallest absolute Gasteiger partial charge is 0.301 e. The molecule has 6 nitrogen and oxygen atoms in total. The minimum atomic E-state index is -3.94. The Morgan fingerprint density at radius 2 is 1.89 bits per heavy atom. The third-order valence-corrected chi connectivity index (χ3v) is 6.17. The van der Waals surface area contributed by atoms with Crippen molar-refractivity contribution in [2.24, 2.45) is 5.14 Å². The van der Waals surface area contributed by atoms with Gasteiger partial charge in [0.2, 0.25) is 0 Å². The molecule has 0 aliphatic carbocycles. The largest absolute Gasteiger partial charge is 0.312 e. The number of halogens is 2. The summed E-state index contributed by atoms with van der Waals surface area (Å²) in [5.41, 5.74) is 3.55. The Bertz CT molecular complexity index is 966. The summed E-state index contributed by atoms with van der Waals surface area (Å²) in [5, 5.41) is 8.06. The van der Waals surface area contributed by atoms with Crippen LogP contribution in [-0.4, -0.2) is 46.0 Å². The molecule has 2 N–H and O–H groups in total. The molecule has 0 saturated carbocycles. The molecule has 0 amide bonds. The fraction of sp³-hybridized carbons (Fsp3) is 0.333. The highest BCUT2D eigenvalue weighted by Gasteiger charge is 2.28. The van der Waals surface area contributed by atoms with E-state index in [1.54, 1.807) is 26.2 Å². The molecule has 0 bridgehead atoms. The molecule has 1 heterocycles. The van der Waals surface area contributed by atoms with Crippen LogP contribution in [0.25, 0.3) is 0 Å². The van der Waals surface area contributed by atoms with Gasteiger partial charge in [-0.05, 0) is 48.0 Å². The lowest BCUT2D eigenvalue weighted by atomic mass is 9.84. The van der Waals surface area contributed by atoms with Gasteiger partial charge < -0.3 is 4.90 Å². The Kier molecular flexibility index (Phi) is 5.72. The minimum Gasteiger partial charge on any atom is -0.301 e. The topological polar surface area (TPSA) is 69.9 Å². The fourth-order valence-corrected chi connectivity index (χ4v) is 5.03. The van der Waals surface area contributed by atoms with Gasteiger partial charge >= 0.3 is 10.2 Å². The first-order chi connectivity index (χ1) is 12.6. The molecule has 0 fully saturated rings. The first kappa shape index (κ1) is 20.4. The molecule has 9 heteroatoms. The van der Waals surface area contributed by atoms with Crippen LogP contribution in [0.15, 0.2) is 36.4 Å². The molecule has 1 atom stereocenters. The van der Waals surface area contributed by atoms with Crippen LogP contribution in [0.2, 0.25) is 10.0 Å². The summed E-state index contributed by atoms with van der Waals surface area (Å²) in [6, 6.07) is 11.1. The van der Waals surface area contributed by atoms with Gasteiger partial charge in [0.25, 0.3) is 0 Å². The molecule has 2 aromatic rings. The van der Waals surface area contributed by atoms with Crippen LogP contribution in [0.3, 0.4) is 0 Å². The number of benzene rings is 2. The van der Waals surface area contributed by atoms with E-state index in [1.165, 1.54) is 5.01 Å². The van der Waals surface area contributed by atoms with Gasteiger partial charge in [0, 0.05) is 43.1 Å².